The molecule has 6 nitrogen and oxygen atoms in total. The number of hydrogen-bond donors (Lipinski definition) is 0. The summed E-state index contributed by atoms with van der Waals surface area (Å²) in [6.45, 7) is 13.6. The van der Waals surface area contributed by atoms with Gasteiger partial charge >= 0.3 is 6.09 Å². The smallest absolute Gasteiger partial charge is 0.410 e. The van der Waals surface area contributed by atoms with Crippen LogP contribution < -0.4 is 0 Å². The van der Waals surface area contributed by atoms with Crippen molar-refractivity contribution in [2.24, 2.45) is 5.92 Å². The van der Waals surface area contributed by atoms with Gasteiger partial charge < -0.3 is 14.5 Å². The summed E-state index contributed by atoms with van der Waals surface area (Å²) in [4.78, 5) is 34.6. The number of nitrogens with zero attached hydrogens (tertiary/aromatic N) is 3. The summed E-state index contributed by atoms with van der Waals surface area (Å²) in [5, 5.41) is 0.890. The second kappa shape index (κ2) is 9.61. The van der Waals surface area contributed by atoms with Crippen molar-refractivity contribution < 1.29 is 14.3 Å². The first-order valence-electron chi connectivity index (χ1n) is 11.2. The van der Waals surface area contributed by atoms with E-state index in [4.69, 9.17) is 9.72 Å². The SMILES string of the molecule is Cc1ccc(-c2nc(C)c(C(=O)N3CCCC(CN(C)C(=O)OC(C)(C)C)C3)s2)c(C)c1. The fourth-order valence-corrected chi connectivity index (χ4v) is 5.23. The van der Waals surface area contributed by atoms with Gasteiger partial charge in [0.25, 0.3) is 5.91 Å². The minimum atomic E-state index is -0.517. The predicted octanol–water partition coefficient (Wildman–Crippen LogP) is 5.45. The maximum atomic E-state index is 13.3. The Morgan fingerprint density at radius 3 is 2.62 bits per heavy atom. The summed E-state index contributed by atoms with van der Waals surface area (Å²) in [6.07, 6.45) is 1.60. The molecule has 1 aromatic carbocycles. The highest BCUT2D eigenvalue weighted by molar-refractivity contribution is 7.17. The molecular weight excluding hydrogens is 422 g/mol. The van der Waals surface area contributed by atoms with Gasteiger partial charge in [-0.25, -0.2) is 9.78 Å². The van der Waals surface area contributed by atoms with Gasteiger partial charge in [-0.1, -0.05) is 23.8 Å². The Balaban J connectivity index is 1.69. The van der Waals surface area contributed by atoms with E-state index < -0.39 is 5.60 Å². The van der Waals surface area contributed by atoms with Crippen molar-refractivity contribution >= 4 is 23.3 Å². The topological polar surface area (TPSA) is 62.7 Å². The van der Waals surface area contributed by atoms with Gasteiger partial charge in [0.2, 0.25) is 0 Å². The number of aryl methyl sites for hydroxylation is 3. The van der Waals surface area contributed by atoms with Crippen molar-refractivity contribution in [1.29, 1.82) is 0 Å². The molecule has 2 heterocycles. The minimum Gasteiger partial charge on any atom is -0.444 e. The summed E-state index contributed by atoms with van der Waals surface area (Å²) < 4.78 is 5.46. The number of ether oxygens (including phenoxy) is 1. The Morgan fingerprint density at radius 2 is 1.97 bits per heavy atom. The van der Waals surface area contributed by atoms with Gasteiger partial charge in [-0.3, -0.25) is 4.79 Å². The molecule has 1 aliphatic rings. The Bertz CT molecular complexity index is 993. The van der Waals surface area contributed by atoms with E-state index in [2.05, 4.69) is 32.0 Å². The number of rotatable bonds is 4. The second-order valence-electron chi connectivity index (χ2n) is 9.87. The quantitative estimate of drug-likeness (QED) is 0.612. The van der Waals surface area contributed by atoms with E-state index >= 15 is 0 Å². The molecule has 1 fully saturated rings. The molecule has 174 valence electrons. The molecule has 3 rings (SSSR count). The number of carbonyl (C=O) groups excluding carboxylic acids is 2. The molecule has 0 aliphatic carbocycles. The normalized spacial score (nSPS) is 16.7. The van der Waals surface area contributed by atoms with E-state index in [1.54, 1.807) is 11.9 Å². The van der Waals surface area contributed by atoms with Crippen molar-refractivity contribution in [3.8, 4) is 10.6 Å². The second-order valence-corrected chi connectivity index (χ2v) is 10.9. The van der Waals surface area contributed by atoms with Gasteiger partial charge in [0.1, 0.15) is 15.5 Å². The summed E-state index contributed by atoms with van der Waals surface area (Å²) in [5.74, 6) is 0.276. The zero-order valence-electron chi connectivity index (χ0n) is 20.3. The number of thiazole rings is 1. The molecule has 0 spiro atoms. The van der Waals surface area contributed by atoms with E-state index in [9.17, 15) is 9.59 Å². The predicted molar refractivity (Wildman–Crippen MR) is 129 cm³/mol. The Morgan fingerprint density at radius 1 is 1.25 bits per heavy atom. The summed E-state index contributed by atoms with van der Waals surface area (Å²) in [7, 11) is 1.76. The number of hydrogen-bond acceptors (Lipinski definition) is 5. The lowest BCUT2D eigenvalue weighted by atomic mass is 9.97. The van der Waals surface area contributed by atoms with Crippen molar-refractivity contribution in [2.45, 2.75) is 60.0 Å². The van der Waals surface area contributed by atoms with Crippen LogP contribution in [0.25, 0.3) is 10.6 Å². The van der Waals surface area contributed by atoms with E-state index in [-0.39, 0.29) is 17.9 Å². The Hall–Kier alpha value is -2.41. The molecule has 32 heavy (non-hydrogen) atoms. The highest BCUT2D eigenvalue weighted by Gasteiger charge is 2.29. The largest absolute Gasteiger partial charge is 0.444 e. The molecule has 1 aromatic heterocycles. The summed E-state index contributed by atoms with van der Waals surface area (Å²) >= 11 is 1.47. The average Bonchev–Trinajstić information content (AvgIpc) is 3.07. The van der Waals surface area contributed by atoms with Gasteiger partial charge in [-0.2, -0.15) is 0 Å². The maximum Gasteiger partial charge on any atom is 0.410 e. The molecule has 0 bridgehead atoms. The molecule has 0 radical (unpaired) electrons. The van der Waals surface area contributed by atoms with Gasteiger partial charge in [-0.05, 0) is 65.9 Å². The number of likely N-dealkylation sites (tertiary alicyclic amines) is 1. The highest BCUT2D eigenvalue weighted by atomic mass is 32.1. The van der Waals surface area contributed by atoms with Crippen LogP contribution in [0.15, 0.2) is 18.2 Å². The molecule has 0 N–H and O–H groups in total. The fraction of sp³-hybridized carbons (Fsp3) is 0.560. The fourth-order valence-electron chi connectivity index (χ4n) is 4.11. The molecule has 1 aliphatic heterocycles. The summed E-state index contributed by atoms with van der Waals surface area (Å²) in [5.41, 5.74) is 3.73. The van der Waals surface area contributed by atoms with E-state index in [1.165, 1.54) is 22.5 Å². The van der Waals surface area contributed by atoms with E-state index in [0.29, 0.717) is 18.0 Å². The van der Waals surface area contributed by atoms with Crippen LogP contribution in [-0.2, 0) is 4.74 Å². The number of piperidine rings is 1. The third-order valence-corrected chi connectivity index (χ3v) is 6.83. The van der Waals surface area contributed by atoms with Gasteiger partial charge in [0.15, 0.2) is 0 Å². The minimum absolute atomic E-state index is 0.0423. The lowest BCUT2D eigenvalue weighted by molar-refractivity contribution is 0.0244. The van der Waals surface area contributed by atoms with Crippen LogP contribution in [0.2, 0.25) is 0 Å². The number of benzene rings is 1. The maximum absolute atomic E-state index is 13.3. The van der Waals surface area contributed by atoms with Crippen molar-refractivity contribution in [3.05, 3.63) is 39.9 Å². The highest BCUT2D eigenvalue weighted by Crippen LogP contribution is 2.32. The van der Waals surface area contributed by atoms with E-state index in [0.717, 1.165) is 35.7 Å². The first-order chi connectivity index (χ1) is 14.9. The number of amides is 2. The Kier molecular flexibility index (Phi) is 7.28. The lowest BCUT2D eigenvalue weighted by Gasteiger charge is -2.35. The van der Waals surface area contributed by atoms with Crippen LogP contribution in [0.1, 0.15) is 60.1 Å². The molecule has 1 atom stereocenters. The van der Waals surface area contributed by atoms with Crippen molar-refractivity contribution in [1.82, 2.24) is 14.8 Å². The van der Waals surface area contributed by atoms with E-state index in [1.807, 2.05) is 32.6 Å². The first-order valence-corrected chi connectivity index (χ1v) is 12.0. The molecule has 0 saturated carbocycles. The van der Waals surface area contributed by atoms with Crippen LogP contribution in [0.3, 0.4) is 0 Å². The molecular formula is C25H35N3O3S. The average molecular weight is 458 g/mol. The third-order valence-electron chi connectivity index (χ3n) is 5.65. The third kappa shape index (κ3) is 5.88. The molecule has 7 heteroatoms. The van der Waals surface area contributed by atoms with Crippen LogP contribution in [-0.4, -0.2) is 59.1 Å². The number of carbonyl (C=O) groups is 2. The van der Waals surface area contributed by atoms with Crippen LogP contribution in [0.5, 0.6) is 0 Å². The Labute approximate surface area is 195 Å². The monoisotopic (exact) mass is 457 g/mol. The van der Waals surface area contributed by atoms with Crippen molar-refractivity contribution in [2.75, 3.05) is 26.7 Å². The number of aromatic nitrogens is 1. The molecule has 1 unspecified atom stereocenters. The lowest BCUT2D eigenvalue weighted by Crippen LogP contribution is -2.45. The molecule has 1 saturated heterocycles. The van der Waals surface area contributed by atoms with Crippen LogP contribution >= 0.6 is 11.3 Å². The molecule has 2 amide bonds. The van der Waals surface area contributed by atoms with Crippen LogP contribution in [0, 0.1) is 26.7 Å². The summed E-state index contributed by atoms with van der Waals surface area (Å²) in [6, 6.07) is 6.31. The van der Waals surface area contributed by atoms with Gasteiger partial charge in [0, 0.05) is 32.2 Å². The van der Waals surface area contributed by atoms with Gasteiger partial charge in [0.05, 0.1) is 5.69 Å². The first kappa shape index (κ1) is 24.2. The van der Waals surface area contributed by atoms with Gasteiger partial charge in [-0.15, -0.1) is 11.3 Å². The zero-order chi connectivity index (χ0) is 23.6. The zero-order valence-corrected chi connectivity index (χ0v) is 21.1. The standard InChI is InChI=1S/C25H35N3O3S/c1-16-10-11-20(17(2)13-16)22-26-18(3)21(32-22)23(29)28-12-8-9-19(15-28)14-27(7)24(30)31-25(4,5)6/h10-11,13,19H,8-9,12,14-15H2,1-7H3. The van der Waals surface area contributed by atoms with Crippen molar-refractivity contribution in [3.63, 3.8) is 0 Å². The molecule has 2 aromatic rings. The van der Waals surface area contributed by atoms with Crippen LogP contribution in [0.4, 0.5) is 4.79 Å².